The van der Waals surface area contributed by atoms with Gasteiger partial charge in [-0.2, -0.15) is 8.75 Å². The maximum Gasteiger partial charge on any atom is 0.333 e. The van der Waals surface area contributed by atoms with E-state index >= 15 is 0 Å². The van der Waals surface area contributed by atoms with Crippen molar-refractivity contribution in [3.8, 4) is 20.9 Å². The lowest BCUT2D eigenvalue weighted by Crippen LogP contribution is -2.52. The van der Waals surface area contributed by atoms with Gasteiger partial charge in [0.1, 0.15) is 16.6 Å². The van der Waals surface area contributed by atoms with Crippen molar-refractivity contribution in [2.24, 2.45) is 0 Å². The van der Waals surface area contributed by atoms with Crippen LogP contribution in [0.1, 0.15) is 30.5 Å². The molecule has 8 nitrogen and oxygen atoms in total. The molecule has 0 bridgehead atoms. The molecule has 5 heterocycles. The van der Waals surface area contributed by atoms with Crippen LogP contribution in [0.25, 0.3) is 47.4 Å². The molecule has 0 unspecified atom stereocenters. The summed E-state index contributed by atoms with van der Waals surface area (Å²) >= 11 is 4.57. The van der Waals surface area contributed by atoms with Gasteiger partial charge in [0.05, 0.1) is 23.1 Å². The highest BCUT2D eigenvalue weighted by Gasteiger charge is 2.39. The summed E-state index contributed by atoms with van der Waals surface area (Å²) in [6.45, 7) is 4.63. The van der Waals surface area contributed by atoms with Crippen LogP contribution in [0.4, 0.5) is 21.9 Å². The number of urea groups is 1. The molecule has 0 saturated carbocycles. The molecule has 4 amide bonds. The number of hydrogen-bond donors (Lipinski definition) is 0. The number of carbonyl (C=O) groups is 3. The van der Waals surface area contributed by atoms with E-state index in [4.69, 9.17) is 0 Å². The van der Waals surface area contributed by atoms with Crippen LogP contribution in [0.2, 0.25) is 0 Å². The molecule has 2 aliphatic heterocycles. The smallest absolute Gasteiger partial charge is 0.310 e. The number of aromatic nitrogens is 2. The number of fused-ring (bicyclic) bond motifs is 4. The quantitative estimate of drug-likeness (QED) is 0.133. The lowest BCUT2D eigenvalue weighted by molar-refractivity contribution is -0.134. The Labute approximate surface area is 305 Å². The fraction of sp³-hybridized carbons (Fsp3) is 0.125. The first-order chi connectivity index (χ1) is 24.6. The van der Waals surface area contributed by atoms with Crippen molar-refractivity contribution in [3.63, 3.8) is 0 Å². The highest BCUT2D eigenvalue weighted by atomic mass is 32.1. The van der Waals surface area contributed by atoms with Gasteiger partial charge in [-0.25, -0.2) is 4.79 Å². The van der Waals surface area contributed by atoms with E-state index in [-0.39, 0.29) is 11.0 Å². The average Bonchev–Trinajstić information content (AvgIpc) is 3.89. The highest BCUT2D eigenvalue weighted by molar-refractivity contribution is 7.31. The van der Waals surface area contributed by atoms with Gasteiger partial charge in [-0.05, 0) is 65.2 Å². The third kappa shape index (κ3) is 4.80. The number of para-hydroxylation sites is 2. The van der Waals surface area contributed by atoms with Crippen molar-refractivity contribution in [2.45, 2.75) is 19.3 Å². The van der Waals surface area contributed by atoms with Crippen LogP contribution < -0.4 is 4.90 Å². The Morgan fingerprint density at radius 3 is 2.08 bits per heavy atom. The SMILES string of the molecule is CN1C(=O)C(=Cc2ccc(-c3cc4sc(-c5ccc6c(c5)C(C)(C)c5ccccc5N6c5ccccc5)cc4s3)c3nsnc23)C(=O)N(C)C1=O. The Morgan fingerprint density at radius 2 is 1.31 bits per heavy atom. The summed E-state index contributed by atoms with van der Waals surface area (Å²) in [4.78, 5) is 44.4. The van der Waals surface area contributed by atoms with Gasteiger partial charge >= 0.3 is 6.03 Å². The Balaban J connectivity index is 1.07. The Hall–Kier alpha value is -5.49. The predicted molar refractivity (Wildman–Crippen MR) is 207 cm³/mol. The molecule has 9 rings (SSSR count). The minimum absolute atomic E-state index is 0.0895. The summed E-state index contributed by atoms with van der Waals surface area (Å²) < 4.78 is 11.5. The molecule has 2 aliphatic rings. The Kier molecular flexibility index (Phi) is 7.12. The second-order valence-corrected chi connectivity index (χ2v) is 15.9. The van der Waals surface area contributed by atoms with Gasteiger partial charge in [0.15, 0.2) is 0 Å². The number of likely N-dealkylation sites (N-methyl/N-ethyl adjacent to an activating group) is 2. The molecule has 1 saturated heterocycles. The molecule has 7 aromatic rings. The van der Waals surface area contributed by atoms with Gasteiger partial charge in [-0.15, -0.1) is 22.7 Å². The largest absolute Gasteiger partial charge is 0.333 e. The second-order valence-electron chi connectivity index (χ2n) is 13.2. The summed E-state index contributed by atoms with van der Waals surface area (Å²) in [5.41, 5.74) is 9.89. The van der Waals surface area contributed by atoms with Crippen LogP contribution in [0, 0.1) is 0 Å². The van der Waals surface area contributed by atoms with Gasteiger partial charge < -0.3 is 4.90 Å². The normalized spacial score (nSPS) is 15.6. The fourth-order valence-electron chi connectivity index (χ4n) is 7.15. The molecule has 0 spiro atoms. The molecule has 0 radical (unpaired) electrons. The van der Waals surface area contributed by atoms with Crippen LogP contribution in [0.15, 0.2) is 103 Å². The van der Waals surface area contributed by atoms with Crippen molar-refractivity contribution < 1.29 is 14.4 Å². The number of benzene rings is 4. The van der Waals surface area contributed by atoms with Crippen molar-refractivity contribution in [1.29, 1.82) is 0 Å². The van der Waals surface area contributed by atoms with E-state index in [1.54, 1.807) is 22.7 Å². The number of hydrogen-bond acceptors (Lipinski definition) is 9. The number of nitrogens with zero attached hydrogens (tertiary/aromatic N) is 5. The lowest BCUT2D eigenvalue weighted by atomic mass is 9.73. The molecule has 4 aromatic carbocycles. The molecule has 11 heteroatoms. The first-order valence-corrected chi connectivity index (χ1v) is 18.7. The van der Waals surface area contributed by atoms with E-state index in [1.807, 2.05) is 12.1 Å². The van der Waals surface area contributed by atoms with Gasteiger partial charge in [0, 0.05) is 55.5 Å². The van der Waals surface area contributed by atoms with Crippen LogP contribution in [-0.4, -0.2) is 50.5 Å². The fourth-order valence-corrected chi connectivity index (χ4v) is 10.2. The number of thiophene rings is 2. The Morgan fingerprint density at radius 1 is 0.667 bits per heavy atom. The number of carbonyl (C=O) groups excluding carboxylic acids is 3. The van der Waals surface area contributed by atoms with Crippen molar-refractivity contribution in [3.05, 3.63) is 119 Å². The maximum absolute atomic E-state index is 12.8. The second kappa shape index (κ2) is 11.5. The van der Waals surface area contributed by atoms with E-state index in [2.05, 4.69) is 112 Å². The third-order valence-corrected chi connectivity index (χ3v) is 12.8. The number of anilines is 3. The van der Waals surface area contributed by atoms with Gasteiger partial charge in [-0.3, -0.25) is 19.4 Å². The molecular formula is C40H29N5O3S3. The minimum Gasteiger partial charge on any atom is -0.310 e. The zero-order valence-electron chi connectivity index (χ0n) is 28.0. The summed E-state index contributed by atoms with van der Waals surface area (Å²) in [6, 6.07) is 33.8. The van der Waals surface area contributed by atoms with E-state index in [1.165, 1.54) is 62.5 Å². The molecular weight excluding hydrogens is 695 g/mol. The number of barbiturate groups is 1. The Bertz CT molecular complexity index is 2580. The van der Waals surface area contributed by atoms with Crippen molar-refractivity contribution in [2.75, 3.05) is 19.0 Å². The summed E-state index contributed by atoms with van der Waals surface area (Å²) in [7, 11) is 2.73. The molecule has 1 fully saturated rings. The minimum atomic E-state index is -0.658. The lowest BCUT2D eigenvalue weighted by Gasteiger charge is -2.42. The van der Waals surface area contributed by atoms with Gasteiger partial charge in [0.2, 0.25) is 0 Å². The number of amides is 4. The zero-order chi connectivity index (χ0) is 35.2. The van der Waals surface area contributed by atoms with Crippen LogP contribution in [-0.2, 0) is 15.0 Å². The van der Waals surface area contributed by atoms with E-state index in [0.717, 1.165) is 37.7 Å². The molecule has 0 N–H and O–H groups in total. The molecule has 3 aromatic heterocycles. The van der Waals surface area contributed by atoms with Crippen LogP contribution in [0.3, 0.4) is 0 Å². The topological polar surface area (TPSA) is 86.7 Å². The average molecular weight is 724 g/mol. The highest BCUT2D eigenvalue weighted by Crippen LogP contribution is 2.53. The van der Waals surface area contributed by atoms with E-state index < -0.39 is 17.8 Å². The molecule has 250 valence electrons. The first-order valence-electron chi connectivity index (χ1n) is 16.3. The van der Waals surface area contributed by atoms with Gasteiger partial charge in [-0.1, -0.05) is 68.4 Å². The van der Waals surface area contributed by atoms with E-state index in [0.29, 0.717) is 16.6 Å². The summed E-state index contributed by atoms with van der Waals surface area (Å²) in [5, 5.41) is 0. The third-order valence-electron chi connectivity index (χ3n) is 9.89. The number of rotatable bonds is 4. The maximum atomic E-state index is 12.8. The van der Waals surface area contributed by atoms with Crippen LogP contribution in [0.5, 0.6) is 0 Å². The van der Waals surface area contributed by atoms with Crippen molar-refractivity contribution >= 4 is 95.8 Å². The standard InChI is InChI=1S/C40H29N5O3S3/c1-40(2)27-12-8-9-13-29(27)45(24-10-6-5-7-11-24)30-17-15-22(19-28(30)40)31-20-33-34(49-31)21-32(50-33)25-16-14-23(35-36(25)42-51-41-35)18-26-37(46)43(3)39(48)44(4)38(26)47/h5-21H,1-4H3. The molecule has 0 aliphatic carbocycles. The van der Waals surface area contributed by atoms with Gasteiger partial charge in [0.25, 0.3) is 11.8 Å². The molecule has 51 heavy (non-hydrogen) atoms. The summed E-state index contributed by atoms with van der Waals surface area (Å²) in [6.07, 6.45) is 1.51. The number of imide groups is 2. The zero-order valence-corrected chi connectivity index (χ0v) is 30.5. The monoisotopic (exact) mass is 723 g/mol. The van der Waals surface area contributed by atoms with Crippen molar-refractivity contribution in [1.82, 2.24) is 18.5 Å². The summed E-state index contributed by atoms with van der Waals surface area (Å²) in [5.74, 6) is -1.28. The first kappa shape index (κ1) is 31.5. The van der Waals surface area contributed by atoms with E-state index in [9.17, 15) is 14.4 Å². The van der Waals surface area contributed by atoms with Crippen LogP contribution >= 0.6 is 34.4 Å². The molecule has 0 atom stereocenters. The predicted octanol–water partition coefficient (Wildman–Crippen LogP) is 9.84.